The zero-order valence-corrected chi connectivity index (χ0v) is 11.9. The molecule has 3 rings (SSSR count). The second-order valence-corrected chi connectivity index (χ2v) is 7.50. The van der Waals surface area contributed by atoms with E-state index in [4.69, 9.17) is 0 Å². The number of carbonyl (C=O) groups excluding carboxylic acids is 1. The minimum Gasteiger partial charge on any atom is -0.303 e. The van der Waals surface area contributed by atoms with Crippen LogP contribution in [0.2, 0.25) is 0 Å². The Bertz CT molecular complexity index is 755. The summed E-state index contributed by atoms with van der Waals surface area (Å²) in [4.78, 5) is 16.7. The molecule has 6 heteroatoms. The molecular formula is C13H14N3O2P. The zero-order chi connectivity index (χ0) is 13.8. The Hall–Kier alpha value is -1.71. The lowest BCUT2D eigenvalue weighted by atomic mass is 10.1. The normalized spacial score (nSPS) is 21.8. The Kier molecular flexibility index (Phi) is 2.52. The predicted octanol–water partition coefficient (Wildman–Crippen LogP) is 2.86. The molecule has 5 nitrogen and oxygen atoms in total. The molecule has 2 heterocycles. The minimum absolute atomic E-state index is 0.372. The van der Waals surface area contributed by atoms with Crippen LogP contribution in [-0.4, -0.2) is 29.3 Å². The highest BCUT2D eigenvalue weighted by Crippen LogP contribution is 2.56. The van der Waals surface area contributed by atoms with Crippen molar-refractivity contribution < 1.29 is 9.36 Å². The number of hydrogen-bond donors (Lipinski definition) is 1. The Morgan fingerprint density at radius 3 is 2.68 bits per heavy atom. The maximum Gasteiger partial charge on any atom is 0.307 e. The SMILES string of the molecule is Cc1ccc2nc3c(cc2c1)C(=O)P(=O)(N(C)C)N3. The summed E-state index contributed by atoms with van der Waals surface area (Å²) in [6.07, 6.45) is 0. The van der Waals surface area contributed by atoms with Crippen LogP contribution in [0.4, 0.5) is 5.82 Å². The fraction of sp³-hybridized carbons (Fsp3) is 0.231. The Morgan fingerprint density at radius 1 is 1.26 bits per heavy atom. The summed E-state index contributed by atoms with van der Waals surface area (Å²) in [7, 11) is 0.0195. The summed E-state index contributed by atoms with van der Waals surface area (Å²) in [6.45, 7) is 1.98. The topological polar surface area (TPSA) is 62.3 Å². The molecule has 1 atom stereocenters. The van der Waals surface area contributed by atoms with Gasteiger partial charge in [-0.1, -0.05) is 11.6 Å². The molecule has 1 aromatic heterocycles. The highest BCUT2D eigenvalue weighted by Gasteiger charge is 2.43. The number of anilines is 1. The number of carbonyl (C=O) groups is 1. The lowest BCUT2D eigenvalue weighted by molar-refractivity contribution is 0.107. The molecule has 0 aliphatic carbocycles. The molecule has 0 bridgehead atoms. The van der Waals surface area contributed by atoms with Crippen molar-refractivity contribution >= 4 is 29.7 Å². The van der Waals surface area contributed by atoms with Crippen molar-refractivity contribution in [3.63, 3.8) is 0 Å². The number of pyridine rings is 1. The van der Waals surface area contributed by atoms with Gasteiger partial charge in [0.15, 0.2) is 0 Å². The van der Waals surface area contributed by atoms with Gasteiger partial charge in [-0.15, -0.1) is 0 Å². The molecule has 0 radical (unpaired) electrons. The number of nitrogens with zero attached hydrogens (tertiary/aromatic N) is 2. The third-order valence-electron chi connectivity index (χ3n) is 3.30. The summed E-state index contributed by atoms with van der Waals surface area (Å²) in [5, 5.41) is 3.68. The fourth-order valence-corrected chi connectivity index (χ4v) is 3.80. The van der Waals surface area contributed by atoms with Crippen LogP contribution >= 0.6 is 7.44 Å². The second kappa shape index (κ2) is 3.89. The summed E-state index contributed by atoms with van der Waals surface area (Å²) in [5.41, 5.74) is 1.93. The molecule has 19 heavy (non-hydrogen) atoms. The Balaban J connectivity index is 2.24. The van der Waals surface area contributed by atoms with Crippen LogP contribution in [0.1, 0.15) is 15.9 Å². The highest BCUT2D eigenvalue weighted by molar-refractivity contribution is 7.81. The molecule has 98 valence electrons. The maximum atomic E-state index is 12.6. The first kappa shape index (κ1) is 12.3. The smallest absolute Gasteiger partial charge is 0.303 e. The molecule has 1 aliphatic heterocycles. The first-order chi connectivity index (χ1) is 8.91. The van der Waals surface area contributed by atoms with Gasteiger partial charge in [-0.2, -0.15) is 0 Å². The molecule has 0 saturated heterocycles. The van der Waals surface area contributed by atoms with Gasteiger partial charge >= 0.3 is 7.44 Å². The average molecular weight is 275 g/mol. The molecular weight excluding hydrogens is 261 g/mol. The third kappa shape index (κ3) is 1.70. The van der Waals surface area contributed by atoms with Crippen molar-refractivity contribution in [3.05, 3.63) is 35.4 Å². The number of aromatic nitrogens is 1. The summed E-state index contributed by atoms with van der Waals surface area (Å²) in [6, 6.07) is 7.60. The maximum absolute atomic E-state index is 12.6. The fourth-order valence-electron chi connectivity index (χ4n) is 2.18. The van der Waals surface area contributed by atoms with E-state index in [2.05, 4.69) is 10.1 Å². The molecule has 2 aromatic rings. The second-order valence-electron chi connectivity index (χ2n) is 4.92. The zero-order valence-electron chi connectivity index (χ0n) is 11.0. The van der Waals surface area contributed by atoms with Crippen molar-refractivity contribution in [1.29, 1.82) is 0 Å². The number of rotatable bonds is 1. The first-order valence-corrected chi connectivity index (χ1v) is 7.60. The van der Waals surface area contributed by atoms with Crippen LogP contribution in [0, 0.1) is 6.92 Å². The van der Waals surface area contributed by atoms with Crippen molar-refractivity contribution in [1.82, 2.24) is 9.65 Å². The Labute approximate surface area is 111 Å². The predicted molar refractivity (Wildman–Crippen MR) is 75.7 cm³/mol. The molecule has 0 amide bonds. The van der Waals surface area contributed by atoms with E-state index >= 15 is 0 Å². The number of aryl methyl sites for hydroxylation is 1. The van der Waals surface area contributed by atoms with E-state index in [1.165, 1.54) is 4.67 Å². The van der Waals surface area contributed by atoms with E-state index in [9.17, 15) is 9.36 Å². The van der Waals surface area contributed by atoms with Gasteiger partial charge in [0.25, 0.3) is 5.52 Å². The van der Waals surface area contributed by atoms with E-state index in [0.717, 1.165) is 16.5 Å². The largest absolute Gasteiger partial charge is 0.307 e. The average Bonchev–Trinajstić information content (AvgIpc) is 2.61. The van der Waals surface area contributed by atoms with E-state index in [1.54, 1.807) is 20.2 Å². The van der Waals surface area contributed by atoms with Gasteiger partial charge in [0, 0.05) is 5.39 Å². The van der Waals surface area contributed by atoms with Crippen molar-refractivity contribution in [2.45, 2.75) is 6.92 Å². The van der Waals surface area contributed by atoms with Crippen LogP contribution in [0.15, 0.2) is 24.3 Å². The van der Waals surface area contributed by atoms with Gasteiger partial charge in [-0.3, -0.25) is 9.36 Å². The van der Waals surface area contributed by atoms with Crippen molar-refractivity contribution in [2.24, 2.45) is 0 Å². The molecule has 1 unspecified atom stereocenters. The molecule has 0 fully saturated rings. The van der Waals surface area contributed by atoms with Crippen LogP contribution in [0.25, 0.3) is 10.9 Å². The van der Waals surface area contributed by atoms with Gasteiger partial charge in [0.1, 0.15) is 5.82 Å². The van der Waals surface area contributed by atoms with Crippen LogP contribution in [-0.2, 0) is 4.57 Å². The third-order valence-corrected chi connectivity index (χ3v) is 5.73. The van der Waals surface area contributed by atoms with E-state index in [0.29, 0.717) is 11.4 Å². The monoisotopic (exact) mass is 275 g/mol. The van der Waals surface area contributed by atoms with Gasteiger partial charge in [0.2, 0.25) is 0 Å². The van der Waals surface area contributed by atoms with Gasteiger partial charge in [-0.05, 0) is 39.2 Å². The number of hydrogen-bond acceptors (Lipinski definition) is 3. The van der Waals surface area contributed by atoms with E-state index in [-0.39, 0.29) is 5.52 Å². The summed E-state index contributed by atoms with van der Waals surface area (Å²) < 4.78 is 14.0. The number of benzene rings is 1. The van der Waals surface area contributed by atoms with Gasteiger partial charge in [-0.25, -0.2) is 9.65 Å². The highest BCUT2D eigenvalue weighted by atomic mass is 31.2. The number of nitrogens with one attached hydrogen (secondary N) is 1. The summed E-state index contributed by atoms with van der Waals surface area (Å²) >= 11 is 0. The molecule has 0 saturated carbocycles. The van der Waals surface area contributed by atoms with Gasteiger partial charge in [0.05, 0.1) is 11.1 Å². The van der Waals surface area contributed by atoms with E-state index in [1.807, 2.05) is 25.1 Å². The molecule has 0 spiro atoms. The van der Waals surface area contributed by atoms with Crippen molar-refractivity contribution in [2.75, 3.05) is 19.2 Å². The quantitative estimate of drug-likeness (QED) is 0.811. The first-order valence-electron chi connectivity index (χ1n) is 5.94. The van der Waals surface area contributed by atoms with Crippen molar-refractivity contribution in [3.8, 4) is 0 Å². The molecule has 1 aliphatic rings. The lowest BCUT2D eigenvalue weighted by Gasteiger charge is -2.17. The number of fused-ring (bicyclic) bond motifs is 2. The van der Waals surface area contributed by atoms with Gasteiger partial charge < -0.3 is 5.09 Å². The standard InChI is InChI=1S/C13H14N3O2P/c1-8-4-5-11-9(6-8)7-10-12(14-11)15-19(18,13(10)17)16(2)3/h4-7H,1-3H3,(H,14,15,18). The molecule has 1 N–H and O–H groups in total. The Morgan fingerprint density at radius 2 is 2.00 bits per heavy atom. The van der Waals surface area contributed by atoms with Crippen LogP contribution in [0.3, 0.4) is 0 Å². The van der Waals surface area contributed by atoms with Crippen LogP contribution < -0.4 is 5.09 Å². The van der Waals surface area contributed by atoms with E-state index < -0.39 is 7.44 Å². The van der Waals surface area contributed by atoms with Crippen LogP contribution in [0.5, 0.6) is 0 Å². The molecule has 1 aromatic carbocycles. The summed E-state index contributed by atoms with van der Waals surface area (Å²) in [5.74, 6) is 0.415. The lowest BCUT2D eigenvalue weighted by Crippen LogP contribution is -2.15. The minimum atomic E-state index is -3.23.